The van der Waals surface area contributed by atoms with Crippen LogP contribution in [-0.4, -0.2) is 18.5 Å². The predicted octanol–water partition coefficient (Wildman–Crippen LogP) is 1.14. The normalized spacial score (nSPS) is 28.6. The molecule has 0 N–H and O–H groups in total. The molecule has 0 aromatic heterocycles. The molecule has 1 aliphatic heterocycles. The first-order valence-corrected chi connectivity index (χ1v) is 3.49. The largest absolute Gasteiger partial charge is 0.370 e. The van der Waals surface area contributed by atoms with Crippen molar-refractivity contribution in [3.8, 4) is 0 Å². The third-order valence-electron chi connectivity index (χ3n) is 1.62. The Morgan fingerprint density at radius 3 is 3.00 bits per heavy atom. The molecule has 9 heavy (non-hydrogen) atoms. The van der Waals surface area contributed by atoms with Gasteiger partial charge in [0, 0.05) is 13.0 Å². The molecule has 0 bridgehead atoms. The minimum absolute atomic E-state index is 0.0845. The Balaban J connectivity index is 2.39. The summed E-state index contributed by atoms with van der Waals surface area (Å²) in [5.74, 6) is 0.281. The lowest BCUT2D eigenvalue weighted by Gasteiger charge is -2.19. The van der Waals surface area contributed by atoms with Crippen LogP contribution in [0.2, 0.25) is 0 Å². The first-order valence-electron chi connectivity index (χ1n) is 3.49. The Labute approximate surface area is 55.2 Å². The van der Waals surface area contributed by atoms with Crippen molar-refractivity contribution >= 4 is 5.78 Å². The van der Waals surface area contributed by atoms with E-state index in [1.165, 1.54) is 0 Å². The summed E-state index contributed by atoms with van der Waals surface area (Å²) < 4.78 is 5.19. The molecule has 1 unspecified atom stereocenters. The highest BCUT2D eigenvalue weighted by Gasteiger charge is 2.20. The Bertz CT molecular complexity index is 109. The molecular formula is C7H12O2. The smallest absolute Gasteiger partial charge is 0.161 e. The van der Waals surface area contributed by atoms with Gasteiger partial charge in [-0.15, -0.1) is 0 Å². The van der Waals surface area contributed by atoms with E-state index in [9.17, 15) is 4.79 Å². The second kappa shape index (κ2) is 2.97. The van der Waals surface area contributed by atoms with E-state index >= 15 is 0 Å². The van der Waals surface area contributed by atoms with Crippen LogP contribution in [0.3, 0.4) is 0 Å². The summed E-state index contributed by atoms with van der Waals surface area (Å²) in [6.07, 6.45) is 2.38. The van der Waals surface area contributed by atoms with Gasteiger partial charge in [0.05, 0.1) is 0 Å². The van der Waals surface area contributed by atoms with Crippen molar-refractivity contribution in [1.29, 1.82) is 0 Å². The zero-order valence-corrected chi connectivity index (χ0v) is 5.72. The van der Waals surface area contributed by atoms with Crippen molar-refractivity contribution in [1.82, 2.24) is 0 Å². The Morgan fingerprint density at radius 1 is 1.78 bits per heavy atom. The van der Waals surface area contributed by atoms with Gasteiger partial charge in [0.15, 0.2) is 5.78 Å². The fourth-order valence-corrected chi connectivity index (χ4v) is 1.07. The van der Waals surface area contributed by atoms with E-state index in [0.29, 0.717) is 0 Å². The highest BCUT2D eigenvalue weighted by molar-refractivity contribution is 5.83. The number of carbonyl (C=O) groups excluding carboxylic acids is 1. The third-order valence-corrected chi connectivity index (χ3v) is 1.62. The summed E-state index contributed by atoms with van der Waals surface area (Å²) in [6, 6.07) is 0. The highest BCUT2D eigenvalue weighted by atomic mass is 16.5. The average molecular weight is 128 g/mol. The van der Waals surface area contributed by atoms with E-state index in [-0.39, 0.29) is 11.9 Å². The number of carbonyl (C=O) groups is 1. The zero-order chi connectivity index (χ0) is 6.69. The topological polar surface area (TPSA) is 26.3 Å². The van der Waals surface area contributed by atoms with E-state index in [0.717, 1.165) is 25.9 Å². The van der Waals surface area contributed by atoms with Gasteiger partial charge in [0.25, 0.3) is 0 Å². The van der Waals surface area contributed by atoms with Crippen molar-refractivity contribution in [2.24, 2.45) is 0 Å². The van der Waals surface area contributed by atoms with Gasteiger partial charge in [0.1, 0.15) is 6.10 Å². The molecule has 0 spiro atoms. The Kier molecular flexibility index (Phi) is 2.22. The second-order valence-electron chi connectivity index (χ2n) is 2.34. The minimum Gasteiger partial charge on any atom is -0.370 e. The van der Waals surface area contributed by atoms with E-state index < -0.39 is 0 Å². The maximum atomic E-state index is 10.9. The van der Waals surface area contributed by atoms with Crippen LogP contribution in [0.1, 0.15) is 26.2 Å². The van der Waals surface area contributed by atoms with Gasteiger partial charge in [-0.25, -0.2) is 0 Å². The van der Waals surface area contributed by atoms with Gasteiger partial charge in [-0.05, 0) is 12.8 Å². The van der Waals surface area contributed by atoms with Crippen LogP contribution in [0.5, 0.6) is 0 Å². The van der Waals surface area contributed by atoms with Gasteiger partial charge in [0.2, 0.25) is 0 Å². The lowest BCUT2D eigenvalue weighted by molar-refractivity contribution is -0.135. The Morgan fingerprint density at radius 2 is 2.56 bits per heavy atom. The van der Waals surface area contributed by atoms with Crippen molar-refractivity contribution in [3.63, 3.8) is 0 Å². The molecule has 0 aromatic rings. The fraction of sp³-hybridized carbons (Fsp3) is 0.857. The van der Waals surface area contributed by atoms with E-state index in [1.54, 1.807) is 0 Å². The van der Waals surface area contributed by atoms with Gasteiger partial charge in [-0.2, -0.15) is 0 Å². The molecule has 0 amide bonds. The zero-order valence-electron chi connectivity index (χ0n) is 5.72. The van der Waals surface area contributed by atoms with E-state index in [1.807, 2.05) is 6.92 Å². The maximum absolute atomic E-state index is 10.9. The Hall–Kier alpha value is -0.370. The highest BCUT2D eigenvalue weighted by Crippen LogP contribution is 2.10. The van der Waals surface area contributed by atoms with Crippen molar-refractivity contribution < 1.29 is 9.53 Å². The number of hydrogen-bond acceptors (Lipinski definition) is 2. The van der Waals surface area contributed by atoms with Gasteiger partial charge in [-0.3, -0.25) is 4.79 Å². The number of ketones is 1. The van der Waals surface area contributed by atoms with Crippen molar-refractivity contribution in [3.05, 3.63) is 0 Å². The molecule has 0 aliphatic carbocycles. The standard InChI is InChI=1S/C7H12O2/c1-2-7-6(8)4-3-5-9-7/h7H,2-5H2,1H3. The van der Waals surface area contributed by atoms with Crippen LogP contribution in [0.25, 0.3) is 0 Å². The third kappa shape index (κ3) is 1.52. The maximum Gasteiger partial charge on any atom is 0.161 e. The number of rotatable bonds is 1. The van der Waals surface area contributed by atoms with Crippen molar-refractivity contribution in [2.45, 2.75) is 32.3 Å². The van der Waals surface area contributed by atoms with E-state index in [2.05, 4.69) is 0 Å². The molecule has 2 heteroatoms. The van der Waals surface area contributed by atoms with Gasteiger partial charge >= 0.3 is 0 Å². The van der Waals surface area contributed by atoms with E-state index in [4.69, 9.17) is 4.74 Å². The molecule has 2 nitrogen and oxygen atoms in total. The molecule has 52 valence electrons. The lowest BCUT2D eigenvalue weighted by atomic mass is 10.1. The summed E-state index contributed by atoms with van der Waals surface area (Å²) in [7, 11) is 0. The number of Topliss-reactive ketones (excluding diaryl/α,β-unsaturated/α-hetero) is 1. The predicted molar refractivity (Wildman–Crippen MR) is 34.3 cm³/mol. The second-order valence-corrected chi connectivity index (χ2v) is 2.34. The van der Waals surface area contributed by atoms with Crippen LogP contribution in [0.4, 0.5) is 0 Å². The summed E-state index contributed by atoms with van der Waals surface area (Å²) in [5.41, 5.74) is 0. The van der Waals surface area contributed by atoms with Crippen LogP contribution >= 0.6 is 0 Å². The van der Waals surface area contributed by atoms with Gasteiger partial charge in [-0.1, -0.05) is 6.92 Å². The van der Waals surface area contributed by atoms with Gasteiger partial charge < -0.3 is 4.74 Å². The summed E-state index contributed by atoms with van der Waals surface area (Å²) in [5, 5.41) is 0. The summed E-state index contributed by atoms with van der Waals surface area (Å²) in [6.45, 7) is 2.75. The van der Waals surface area contributed by atoms with Crippen molar-refractivity contribution in [2.75, 3.05) is 6.61 Å². The summed E-state index contributed by atoms with van der Waals surface area (Å²) in [4.78, 5) is 10.9. The van der Waals surface area contributed by atoms with Crippen LogP contribution in [-0.2, 0) is 9.53 Å². The molecule has 1 saturated heterocycles. The average Bonchev–Trinajstić information content (AvgIpc) is 1.89. The molecule has 1 aliphatic rings. The molecule has 1 fully saturated rings. The minimum atomic E-state index is -0.0845. The fourth-order valence-electron chi connectivity index (χ4n) is 1.07. The molecular weight excluding hydrogens is 116 g/mol. The first-order chi connectivity index (χ1) is 4.34. The lowest BCUT2D eigenvalue weighted by Crippen LogP contribution is -2.28. The molecule has 0 saturated carbocycles. The molecule has 1 heterocycles. The quantitative estimate of drug-likeness (QED) is 0.529. The molecule has 0 aromatic carbocycles. The summed E-state index contributed by atoms with van der Waals surface area (Å²) >= 11 is 0. The molecule has 1 atom stereocenters. The van der Waals surface area contributed by atoms with Crippen LogP contribution < -0.4 is 0 Å². The number of hydrogen-bond donors (Lipinski definition) is 0. The molecule has 0 radical (unpaired) electrons. The number of ether oxygens (including phenoxy) is 1. The first kappa shape index (κ1) is 6.75. The van der Waals surface area contributed by atoms with Crippen LogP contribution in [0.15, 0.2) is 0 Å². The SMILES string of the molecule is CCC1OCCCC1=O. The monoisotopic (exact) mass is 128 g/mol. The van der Waals surface area contributed by atoms with Crippen LogP contribution in [0, 0.1) is 0 Å². The molecule has 1 rings (SSSR count).